The van der Waals surface area contributed by atoms with Gasteiger partial charge in [-0.05, 0) is 43.7 Å². The molecule has 0 spiro atoms. The molecule has 2 aromatic carbocycles. The van der Waals surface area contributed by atoms with Crippen molar-refractivity contribution >= 4 is 17.2 Å². The van der Waals surface area contributed by atoms with Gasteiger partial charge in [0.1, 0.15) is 17.5 Å². The molecule has 0 saturated carbocycles. The van der Waals surface area contributed by atoms with Crippen LogP contribution in [0.1, 0.15) is 21.7 Å². The quantitative estimate of drug-likeness (QED) is 0.547. The number of rotatable bonds is 3. The first kappa shape index (κ1) is 18.7. The topological polar surface area (TPSA) is 59.3 Å². The van der Waals surface area contributed by atoms with Crippen LogP contribution in [0.25, 0.3) is 16.8 Å². The maximum Gasteiger partial charge on any atom is 0.259 e. The minimum Gasteiger partial charge on any atom is -0.319 e. The van der Waals surface area contributed by atoms with Crippen LogP contribution in [0.15, 0.2) is 48.7 Å². The summed E-state index contributed by atoms with van der Waals surface area (Å²) < 4.78 is 41.9. The normalized spacial score (nSPS) is 11.1. The average molecular weight is 396 g/mol. The first-order valence-corrected chi connectivity index (χ1v) is 8.72. The Morgan fingerprint density at radius 2 is 1.69 bits per heavy atom. The number of nitrogens with zero attached hydrogens (tertiary/aromatic N) is 3. The lowest BCUT2D eigenvalue weighted by Gasteiger charge is -2.10. The maximum absolute atomic E-state index is 13.8. The van der Waals surface area contributed by atoms with Crippen molar-refractivity contribution < 1.29 is 18.0 Å². The number of hydrogen-bond donors (Lipinski definition) is 1. The minimum atomic E-state index is -0.750. The van der Waals surface area contributed by atoms with Crippen LogP contribution >= 0.6 is 0 Å². The van der Waals surface area contributed by atoms with E-state index in [-0.39, 0.29) is 17.1 Å². The second-order valence-corrected chi connectivity index (χ2v) is 6.54. The Morgan fingerprint density at radius 3 is 2.41 bits per heavy atom. The van der Waals surface area contributed by atoms with E-state index < -0.39 is 17.5 Å². The molecule has 1 amide bonds. The molecular weight excluding hydrogens is 381 g/mol. The Balaban J connectivity index is 1.76. The zero-order chi connectivity index (χ0) is 20.7. The second-order valence-electron chi connectivity index (χ2n) is 6.54. The Morgan fingerprint density at radius 1 is 1.00 bits per heavy atom. The highest BCUT2D eigenvalue weighted by Crippen LogP contribution is 2.28. The van der Waals surface area contributed by atoms with Crippen molar-refractivity contribution in [2.45, 2.75) is 13.8 Å². The van der Waals surface area contributed by atoms with Gasteiger partial charge in [-0.15, -0.1) is 0 Å². The fraction of sp³-hybridized carbons (Fsp3) is 0.0952. The van der Waals surface area contributed by atoms with Gasteiger partial charge in [-0.2, -0.15) is 5.10 Å². The molecule has 146 valence electrons. The summed E-state index contributed by atoms with van der Waals surface area (Å²) in [6, 6.07) is 8.76. The molecular formula is C21H15F3N4O. The lowest BCUT2D eigenvalue weighted by atomic mass is 10.1. The summed E-state index contributed by atoms with van der Waals surface area (Å²) in [5.74, 6) is -2.41. The number of hydrogen-bond acceptors (Lipinski definition) is 3. The van der Waals surface area contributed by atoms with E-state index >= 15 is 0 Å². The molecule has 0 atom stereocenters. The summed E-state index contributed by atoms with van der Waals surface area (Å²) in [6.45, 7) is 3.46. The van der Waals surface area contributed by atoms with E-state index in [1.165, 1.54) is 22.8 Å². The molecule has 5 nitrogen and oxygen atoms in total. The van der Waals surface area contributed by atoms with Gasteiger partial charge in [0.05, 0.1) is 22.6 Å². The molecule has 29 heavy (non-hydrogen) atoms. The van der Waals surface area contributed by atoms with E-state index in [1.807, 2.05) is 0 Å². The molecule has 0 saturated heterocycles. The number of benzene rings is 2. The predicted octanol–water partition coefficient (Wildman–Crippen LogP) is 4.68. The van der Waals surface area contributed by atoms with Gasteiger partial charge in [0.2, 0.25) is 0 Å². The molecule has 0 aliphatic heterocycles. The summed E-state index contributed by atoms with van der Waals surface area (Å²) in [5.41, 5.74) is 2.98. The summed E-state index contributed by atoms with van der Waals surface area (Å²) in [4.78, 5) is 17.0. The van der Waals surface area contributed by atoms with Crippen molar-refractivity contribution in [3.63, 3.8) is 0 Å². The third kappa shape index (κ3) is 3.33. The molecule has 0 unspecified atom stereocenters. The van der Waals surface area contributed by atoms with E-state index in [1.54, 1.807) is 26.0 Å². The Hall–Kier alpha value is -3.68. The second kappa shape index (κ2) is 7.05. The zero-order valence-electron chi connectivity index (χ0n) is 15.5. The lowest BCUT2D eigenvalue weighted by Crippen LogP contribution is -2.17. The number of carbonyl (C=O) groups is 1. The number of aryl methyl sites for hydroxylation is 2. The minimum absolute atomic E-state index is 0.161. The largest absolute Gasteiger partial charge is 0.319 e. The summed E-state index contributed by atoms with van der Waals surface area (Å²) in [7, 11) is 0. The smallest absolute Gasteiger partial charge is 0.259 e. The number of amides is 1. The summed E-state index contributed by atoms with van der Waals surface area (Å²) in [5, 5.41) is 6.80. The molecule has 2 aromatic heterocycles. The van der Waals surface area contributed by atoms with Crippen LogP contribution < -0.4 is 5.32 Å². The molecule has 0 fully saturated rings. The average Bonchev–Trinajstić information content (AvgIpc) is 3.02. The highest BCUT2D eigenvalue weighted by atomic mass is 19.1. The van der Waals surface area contributed by atoms with Crippen molar-refractivity contribution in [1.82, 2.24) is 14.6 Å². The van der Waals surface area contributed by atoms with Crippen LogP contribution in [0.3, 0.4) is 0 Å². The van der Waals surface area contributed by atoms with E-state index in [2.05, 4.69) is 15.4 Å². The van der Waals surface area contributed by atoms with Crippen LogP contribution in [-0.2, 0) is 0 Å². The van der Waals surface area contributed by atoms with Gasteiger partial charge >= 0.3 is 0 Å². The monoisotopic (exact) mass is 396 g/mol. The molecule has 1 N–H and O–H groups in total. The maximum atomic E-state index is 13.8. The first-order chi connectivity index (χ1) is 13.8. The van der Waals surface area contributed by atoms with E-state index in [4.69, 9.17) is 0 Å². The number of aromatic nitrogens is 3. The van der Waals surface area contributed by atoms with Crippen LogP contribution in [0.4, 0.5) is 18.9 Å². The van der Waals surface area contributed by atoms with Crippen LogP contribution in [0.2, 0.25) is 0 Å². The van der Waals surface area contributed by atoms with Crippen molar-refractivity contribution in [3.8, 4) is 11.1 Å². The number of carbonyl (C=O) groups excluding carboxylic acids is 1. The van der Waals surface area contributed by atoms with Gasteiger partial charge in [0.25, 0.3) is 5.91 Å². The molecule has 0 radical (unpaired) electrons. The first-order valence-electron chi connectivity index (χ1n) is 8.72. The molecule has 0 aliphatic carbocycles. The van der Waals surface area contributed by atoms with Gasteiger partial charge in [-0.1, -0.05) is 12.1 Å². The van der Waals surface area contributed by atoms with Crippen molar-refractivity contribution in [2.75, 3.05) is 5.32 Å². The van der Waals surface area contributed by atoms with Crippen LogP contribution in [0.5, 0.6) is 0 Å². The van der Waals surface area contributed by atoms with Gasteiger partial charge in [0.15, 0.2) is 5.65 Å². The van der Waals surface area contributed by atoms with E-state index in [9.17, 15) is 18.0 Å². The molecule has 4 rings (SSSR count). The van der Waals surface area contributed by atoms with Gasteiger partial charge in [-0.3, -0.25) is 4.79 Å². The van der Waals surface area contributed by atoms with Crippen LogP contribution in [-0.4, -0.2) is 20.5 Å². The Labute approximate surface area is 163 Å². The van der Waals surface area contributed by atoms with E-state index in [0.29, 0.717) is 17.0 Å². The van der Waals surface area contributed by atoms with Gasteiger partial charge < -0.3 is 5.32 Å². The fourth-order valence-electron chi connectivity index (χ4n) is 3.16. The highest BCUT2D eigenvalue weighted by molar-refractivity contribution is 6.05. The Kier molecular flexibility index (Phi) is 4.54. The predicted molar refractivity (Wildman–Crippen MR) is 102 cm³/mol. The van der Waals surface area contributed by atoms with Gasteiger partial charge in [-0.25, -0.2) is 22.7 Å². The van der Waals surface area contributed by atoms with Crippen molar-refractivity contribution in [3.05, 3.63) is 83.1 Å². The molecule has 0 aliphatic rings. The van der Waals surface area contributed by atoms with Gasteiger partial charge in [0, 0.05) is 17.8 Å². The standard InChI is InChI=1S/C21H15F3N4O/c1-11-19(13-3-5-14(22)6-4-13)20-25-10-16(12(2)28(20)27-11)21(29)26-18-9-15(23)7-8-17(18)24/h3-10H,1-2H3,(H,26,29). The molecule has 2 heterocycles. The third-order valence-electron chi connectivity index (χ3n) is 4.61. The van der Waals surface area contributed by atoms with E-state index in [0.717, 1.165) is 29.3 Å². The number of nitrogens with one attached hydrogen (secondary N) is 1. The molecule has 8 heteroatoms. The van der Waals surface area contributed by atoms with Crippen molar-refractivity contribution in [2.24, 2.45) is 0 Å². The highest BCUT2D eigenvalue weighted by Gasteiger charge is 2.19. The summed E-state index contributed by atoms with van der Waals surface area (Å²) >= 11 is 0. The SMILES string of the molecule is Cc1nn2c(C)c(C(=O)Nc3cc(F)ccc3F)cnc2c1-c1ccc(F)cc1. The number of anilines is 1. The Bertz CT molecular complexity index is 1250. The molecule has 0 bridgehead atoms. The van der Waals surface area contributed by atoms with Crippen molar-refractivity contribution in [1.29, 1.82) is 0 Å². The third-order valence-corrected chi connectivity index (χ3v) is 4.61. The number of fused-ring (bicyclic) bond motifs is 1. The summed E-state index contributed by atoms with van der Waals surface area (Å²) in [6.07, 6.45) is 1.35. The lowest BCUT2D eigenvalue weighted by molar-refractivity contribution is 0.102. The fourth-order valence-corrected chi connectivity index (χ4v) is 3.16. The number of halogens is 3. The molecule has 4 aromatic rings. The van der Waals surface area contributed by atoms with Crippen LogP contribution in [0, 0.1) is 31.3 Å². The zero-order valence-corrected chi connectivity index (χ0v) is 15.5.